The van der Waals surface area contributed by atoms with E-state index in [0.717, 1.165) is 16.8 Å². The average molecular weight is 321 g/mol. The van der Waals surface area contributed by atoms with Crippen LogP contribution in [0.5, 0.6) is 0 Å². The Kier molecular flexibility index (Phi) is 4.08. The van der Waals surface area contributed by atoms with Gasteiger partial charge in [0.25, 0.3) is 11.8 Å². The Morgan fingerprint density at radius 1 is 0.958 bits per heavy atom. The summed E-state index contributed by atoms with van der Waals surface area (Å²) in [6, 6.07) is 15.1. The van der Waals surface area contributed by atoms with Gasteiger partial charge in [-0.3, -0.25) is 15.0 Å². The summed E-state index contributed by atoms with van der Waals surface area (Å²) in [6.07, 6.45) is 1.62. The highest BCUT2D eigenvalue weighted by Gasteiger charge is 2.34. The summed E-state index contributed by atoms with van der Waals surface area (Å²) in [5.41, 5.74) is 6.34. The normalized spacial score (nSPS) is 15.8. The summed E-state index contributed by atoms with van der Waals surface area (Å²) in [4.78, 5) is 26.7. The first-order valence-corrected chi connectivity index (χ1v) is 7.67. The van der Waals surface area contributed by atoms with Gasteiger partial charge >= 0.3 is 0 Å². The third-order valence-electron chi connectivity index (χ3n) is 3.90. The monoisotopic (exact) mass is 321 g/mol. The van der Waals surface area contributed by atoms with Crippen LogP contribution in [0.25, 0.3) is 6.08 Å². The van der Waals surface area contributed by atoms with Crippen LogP contribution in [0, 0.1) is 6.92 Å². The zero-order chi connectivity index (χ0) is 17.3. The molecular formula is C19H19N3O2. The molecule has 0 bridgehead atoms. The minimum Gasteiger partial charge on any atom is -0.378 e. The van der Waals surface area contributed by atoms with Crippen molar-refractivity contribution < 1.29 is 9.59 Å². The number of rotatable bonds is 3. The number of benzene rings is 2. The molecule has 1 aliphatic heterocycles. The van der Waals surface area contributed by atoms with E-state index in [9.17, 15) is 9.59 Å². The molecule has 0 saturated carbocycles. The van der Waals surface area contributed by atoms with E-state index in [0.29, 0.717) is 5.69 Å². The SMILES string of the molecule is Cc1ccc(N2NC(=O)/C(=C\c3ccc(N(C)C)cc3)C2=O)cc1. The summed E-state index contributed by atoms with van der Waals surface area (Å²) in [7, 11) is 3.92. The van der Waals surface area contributed by atoms with Gasteiger partial charge in [0, 0.05) is 19.8 Å². The lowest BCUT2D eigenvalue weighted by molar-refractivity contribution is -0.117. The van der Waals surface area contributed by atoms with Crippen LogP contribution in [0.3, 0.4) is 0 Å². The van der Waals surface area contributed by atoms with E-state index in [2.05, 4.69) is 5.43 Å². The van der Waals surface area contributed by atoms with E-state index in [1.54, 1.807) is 6.08 Å². The van der Waals surface area contributed by atoms with Crippen molar-refractivity contribution in [3.05, 3.63) is 65.2 Å². The van der Waals surface area contributed by atoms with Gasteiger partial charge in [0.1, 0.15) is 5.57 Å². The van der Waals surface area contributed by atoms with Crippen LogP contribution in [0.4, 0.5) is 11.4 Å². The number of nitrogens with one attached hydrogen (secondary N) is 1. The molecule has 2 aromatic carbocycles. The number of anilines is 2. The third kappa shape index (κ3) is 3.01. The molecule has 1 saturated heterocycles. The van der Waals surface area contributed by atoms with Gasteiger partial charge in [0.05, 0.1) is 5.69 Å². The molecule has 1 N–H and O–H groups in total. The van der Waals surface area contributed by atoms with Crippen molar-refractivity contribution in [3.8, 4) is 0 Å². The van der Waals surface area contributed by atoms with Gasteiger partial charge in [-0.15, -0.1) is 0 Å². The first-order chi connectivity index (χ1) is 11.5. The highest BCUT2D eigenvalue weighted by atomic mass is 16.2. The van der Waals surface area contributed by atoms with E-state index in [1.807, 2.05) is 74.4 Å². The molecule has 0 aliphatic carbocycles. The second-order valence-corrected chi connectivity index (χ2v) is 5.96. The first-order valence-electron chi connectivity index (χ1n) is 7.67. The van der Waals surface area contributed by atoms with Crippen LogP contribution < -0.4 is 15.3 Å². The predicted molar refractivity (Wildman–Crippen MR) is 95.6 cm³/mol. The van der Waals surface area contributed by atoms with Crippen molar-refractivity contribution >= 4 is 29.3 Å². The number of carbonyl (C=O) groups is 2. The molecule has 0 radical (unpaired) electrons. The zero-order valence-electron chi connectivity index (χ0n) is 13.9. The maximum absolute atomic E-state index is 12.5. The van der Waals surface area contributed by atoms with Gasteiger partial charge in [-0.2, -0.15) is 0 Å². The van der Waals surface area contributed by atoms with Crippen LogP contribution in [-0.2, 0) is 9.59 Å². The van der Waals surface area contributed by atoms with Crippen molar-refractivity contribution in [1.29, 1.82) is 0 Å². The molecule has 0 unspecified atom stereocenters. The molecule has 1 heterocycles. The van der Waals surface area contributed by atoms with Crippen LogP contribution in [-0.4, -0.2) is 25.9 Å². The zero-order valence-corrected chi connectivity index (χ0v) is 13.9. The largest absolute Gasteiger partial charge is 0.378 e. The molecule has 0 atom stereocenters. The van der Waals surface area contributed by atoms with Crippen LogP contribution >= 0.6 is 0 Å². The number of nitrogens with zero attached hydrogens (tertiary/aromatic N) is 2. The first kappa shape index (κ1) is 15.8. The predicted octanol–water partition coefficient (Wildman–Crippen LogP) is 2.52. The summed E-state index contributed by atoms with van der Waals surface area (Å²) < 4.78 is 0. The number of hydrogen-bond acceptors (Lipinski definition) is 3. The molecule has 1 fully saturated rings. The topological polar surface area (TPSA) is 52.7 Å². The fraction of sp³-hybridized carbons (Fsp3) is 0.158. The van der Waals surface area contributed by atoms with Gasteiger partial charge in [0.15, 0.2) is 0 Å². The Morgan fingerprint density at radius 3 is 2.17 bits per heavy atom. The Balaban J connectivity index is 1.87. The van der Waals surface area contributed by atoms with E-state index in [1.165, 1.54) is 5.01 Å². The number of aryl methyl sites for hydroxylation is 1. The molecular weight excluding hydrogens is 302 g/mol. The van der Waals surface area contributed by atoms with Crippen LogP contribution in [0.15, 0.2) is 54.1 Å². The molecule has 1 aliphatic rings. The van der Waals surface area contributed by atoms with E-state index < -0.39 is 5.91 Å². The van der Waals surface area contributed by atoms with E-state index in [4.69, 9.17) is 0 Å². The fourth-order valence-corrected chi connectivity index (χ4v) is 2.47. The second kappa shape index (κ2) is 6.20. The highest BCUT2D eigenvalue weighted by Crippen LogP contribution is 2.22. The van der Waals surface area contributed by atoms with Crippen molar-refractivity contribution in [2.75, 3.05) is 24.0 Å². The lowest BCUT2D eigenvalue weighted by Crippen LogP contribution is -2.35. The molecule has 24 heavy (non-hydrogen) atoms. The number of carbonyl (C=O) groups excluding carboxylic acids is 2. The number of hydrazine groups is 1. The minimum absolute atomic E-state index is 0.133. The quantitative estimate of drug-likeness (QED) is 0.698. The fourth-order valence-electron chi connectivity index (χ4n) is 2.47. The molecule has 122 valence electrons. The van der Waals surface area contributed by atoms with Gasteiger partial charge in [-0.05, 0) is 42.8 Å². The summed E-state index contributed by atoms with van der Waals surface area (Å²) in [5.74, 6) is -0.738. The Labute approximate surface area is 141 Å². The standard InChI is InChI=1S/C19H19N3O2/c1-13-4-8-16(9-5-13)22-19(24)17(18(23)20-22)12-14-6-10-15(11-7-14)21(2)3/h4-12H,1-3H3,(H,20,23)/b17-12+. The highest BCUT2D eigenvalue weighted by molar-refractivity contribution is 6.31. The number of hydrogen-bond donors (Lipinski definition) is 1. The van der Waals surface area contributed by atoms with E-state index >= 15 is 0 Å². The smallest absolute Gasteiger partial charge is 0.282 e. The lowest BCUT2D eigenvalue weighted by atomic mass is 10.1. The Hall–Kier alpha value is -3.08. The van der Waals surface area contributed by atoms with Gasteiger partial charge < -0.3 is 4.90 Å². The molecule has 5 heteroatoms. The maximum Gasteiger partial charge on any atom is 0.282 e. The van der Waals surface area contributed by atoms with Crippen molar-refractivity contribution in [2.24, 2.45) is 0 Å². The molecule has 3 rings (SSSR count). The lowest BCUT2D eigenvalue weighted by Gasteiger charge is -2.14. The third-order valence-corrected chi connectivity index (χ3v) is 3.90. The van der Waals surface area contributed by atoms with Crippen molar-refractivity contribution in [3.63, 3.8) is 0 Å². The molecule has 5 nitrogen and oxygen atoms in total. The molecule has 2 amide bonds. The van der Waals surface area contributed by atoms with Gasteiger partial charge in [-0.1, -0.05) is 29.8 Å². The summed E-state index contributed by atoms with van der Waals surface area (Å²) in [5, 5.41) is 1.28. The Morgan fingerprint density at radius 2 is 1.58 bits per heavy atom. The van der Waals surface area contributed by atoms with Crippen LogP contribution in [0.1, 0.15) is 11.1 Å². The second-order valence-electron chi connectivity index (χ2n) is 5.96. The minimum atomic E-state index is -0.391. The molecule has 0 aromatic heterocycles. The molecule has 2 aromatic rings. The van der Waals surface area contributed by atoms with Crippen molar-refractivity contribution in [1.82, 2.24) is 5.43 Å². The average Bonchev–Trinajstić information content (AvgIpc) is 2.84. The summed E-state index contributed by atoms with van der Waals surface area (Å²) >= 11 is 0. The van der Waals surface area contributed by atoms with E-state index in [-0.39, 0.29) is 11.5 Å². The maximum atomic E-state index is 12.5. The molecule has 0 spiro atoms. The van der Waals surface area contributed by atoms with Crippen molar-refractivity contribution in [2.45, 2.75) is 6.92 Å². The van der Waals surface area contributed by atoms with Gasteiger partial charge in [-0.25, -0.2) is 5.01 Å². The van der Waals surface area contributed by atoms with Gasteiger partial charge in [0.2, 0.25) is 0 Å². The number of amides is 2. The Bertz CT molecular complexity index is 806. The summed E-state index contributed by atoms with van der Waals surface area (Å²) in [6.45, 7) is 1.97. The van der Waals surface area contributed by atoms with Crippen LogP contribution in [0.2, 0.25) is 0 Å².